The minimum Gasteiger partial charge on any atom is -0.453 e. The molecule has 15 heteroatoms. The van der Waals surface area contributed by atoms with Gasteiger partial charge in [0, 0.05) is 18.7 Å². The number of ether oxygens (including phenoxy) is 2. The van der Waals surface area contributed by atoms with E-state index in [2.05, 4.69) is 84.9 Å². The number of aliphatic hydroxyl groups is 1. The molecule has 15 nitrogen and oxygen atoms in total. The summed E-state index contributed by atoms with van der Waals surface area (Å²) in [5.74, 6) is 0.733. The normalized spacial score (nSPS) is 17.8. The number of H-pyrrole nitrogens is 2. The number of amides is 4. The molecule has 5 atom stereocenters. The molecular formula is C46H48N8O7. The highest BCUT2D eigenvalue weighted by Gasteiger charge is 2.39. The first-order valence-corrected chi connectivity index (χ1v) is 20.4. The van der Waals surface area contributed by atoms with Crippen molar-refractivity contribution in [3.05, 3.63) is 121 Å². The lowest BCUT2D eigenvalue weighted by atomic mass is 9.98. The molecule has 2 aromatic heterocycles. The first kappa shape index (κ1) is 40.8. The van der Waals surface area contributed by atoms with Gasteiger partial charge in [-0.05, 0) is 77.8 Å². The molecule has 8 rings (SSSR count). The van der Waals surface area contributed by atoms with Gasteiger partial charge in [-0.1, -0.05) is 78.9 Å². The second-order valence-corrected chi connectivity index (χ2v) is 15.4. The largest absolute Gasteiger partial charge is 0.453 e. The maximum Gasteiger partial charge on any atom is 0.407 e. The van der Waals surface area contributed by atoms with Crippen LogP contribution in [0.1, 0.15) is 67.9 Å². The lowest BCUT2D eigenvalue weighted by Gasteiger charge is -2.29. The highest BCUT2D eigenvalue weighted by atomic mass is 16.5. The highest BCUT2D eigenvalue weighted by molar-refractivity contribution is 5.91. The first-order chi connectivity index (χ1) is 29.6. The summed E-state index contributed by atoms with van der Waals surface area (Å²) >= 11 is 0. The maximum absolute atomic E-state index is 13.9. The predicted octanol–water partition coefficient (Wildman–Crippen LogP) is 6.82. The van der Waals surface area contributed by atoms with Crippen LogP contribution in [0.15, 0.2) is 103 Å². The number of imidazole rings is 2. The van der Waals surface area contributed by atoms with Crippen LogP contribution in [0.5, 0.6) is 0 Å². The molecular weight excluding hydrogens is 777 g/mol. The zero-order chi connectivity index (χ0) is 42.6. The van der Waals surface area contributed by atoms with Gasteiger partial charge < -0.3 is 45.0 Å². The molecule has 0 bridgehead atoms. The van der Waals surface area contributed by atoms with E-state index >= 15 is 0 Å². The van der Waals surface area contributed by atoms with Crippen LogP contribution in [0.4, 0.5) is 9.59 Å². The number of rotatable bonds is 11. The number of carbonyl (C=O) groups is 4. The van der Waals surface area contributed by atoms with E-state index in [9.17, 15) is 24.3 Å². The topological polar surface area (TPSA) is 195 Å². The van der Waals surface area contributed by atoms with Crippen molar-refractivity contribution in [3.8, 4) is 33.6 Å². The van der Waals surface area contributed by atoms with E-state index in [1.807, 2.05) is 36.4 Å². The lowest BCUT2D eigenvalue weighted by molar-refractivity contribution is -0.137. The second kappa shape index (κ2) is 17.7. The molecule has 2 fully saturated rings. The SMILES string of the molecule is COC(=O)N[C@H](C(=O)N1CCC[C@H]1c1ncc(-c2ccc3cc(-c4ccc(-c5cnc([C@@H]6CCCN6C(=O)[C@H](NC(=O)OC)c6ccccc6)[nH]5)cc4)ccc3c2)[nH]1)[C@@H](C)O. The van der Waals surface area contributed by atoms with Crippen molar-refractivity contribution >= 4 is 34.8 Å². The fraction of sp³-hybridized carbons (Fsp3) is 0.304. The van der Waals surface area contributed by atoms with Crippen molar-refractivity contribution in [1.82, 2.24) is 40.4 Å². The van der Waals surface area contributed by atoms with E-state index in [4.69, 9.17) is 9.72 Å². The predicted molar refractivity (Wildman–Crippen MR) is 228 cm³/mol. The minimum absolute atomic E-state index is 0.217. The molecule has 4 aromatic carbocycles. The molecule has 0 aliphatic carbocycles. The number of aromatic nitrogens is 4. The van der Waals surface area contributed by atoms with E-state index in [1.54, 1.807) is 22.2 Å². The number of fused-ring (bicyclic) bond motifs is 1. The van der Waals surface area contributed by atoms with Crippen LogP contribution in [0.2, 0.25) is 0 Å². The Hall–Kier alpha value is -7.00. The number of hydrogen-bond acceptors (Lipinski definition) is 9. The average molecular weight is 825 g/mol. The van der Waals surface area contributed by atoms with E-state index in [0.29, 0.717) is 36.7 Å². The van der Waals surface area contributed by atoms with Crippen molar-refractivity contribution in [1.29, 1.82) is 0 Å². The highest BCUT2D eigenvalue weighted by Crippen LogP contribution is 2.36. The van der Waals surface area contributed by atoms with Crippen LogP contribution >= 0.6 is 0 Å². The summed E-state index contributed by atoms with van der Waals surface area (Å²) in [4.78, 5) is 71.1. The molecule has 314 valence electrons. The number of carbonyl (C=O) groups excluding carboxylic acids is 4. The number of aromatic amines is 2. The molecule has 0 spiro atoms. The molecule has 5 N–H and O–H groups in total. The summed E-state index contributed by atoms with van der Waals surface area (Å²) in [7, 11) is 2.49. The molecule has 6 aromatic rings. The first-order valence-electron chi connectivity index (χ1n) is 20.4. The van der Waals surface area contributed by atoms with E-state index in [-0.39, 0.29) is 23.9 Å². The summed E-state index contributed by atoms with van der Waals surface area (Å²) < 4.78 is 9.49. The average Bonchev–Trinajstić information content (AvgIpc) is 4.14. The summed E-state index contributed by atoms with van der Waals surface area (Å²) in [5.41, 5.74) is 6.37. The van der Waals surface area contributed by atoms with Crippen molar-refractivity contribution in [2.75, 3.05) is 27.3 Å². The van der Waals surface area contributed by atoms with Gasteiger partial charge in [-0.2, -0.15) is 0 Å². The third kappa shape index (κ3) is 8.55. The van der Waals surface area contributed by atoms with Gasteiger partial charge in [0.25, 0.3) is 5.91 Å². The van der Waals surface area contributed by atoms with Crippen LogP contribution in [0.25, 0.3) is 44.4 Å². The Bertz CT molecular complexity index is 2540. The number of methoxy groups -OCH3 is 2. The number of aliphatic hydroxyl groups excluding tert-OH is 1. The van der Waals surface area contributed by atoms with Crippen molar-refractivity contribution in [2.45, 2.75) is 62.9 Å². The molecule has 2 saturated heterocycles. The quantitative estimate of drug-likeness (QED) is 0.0932. The zero-order valence-electron chi connectivity index (χ0n) is 34.1. The summed E-state index contributed by atoms with van der Waals surface area (Å²) in [6, 6.07) is 27.4. The number of likely N-dealkylation sites (tertiary alicyclic amines) is 2. The Kier molecular flexibility index (Phi) is 11.8. The summed E-state index contributed by atoms with van der Waals surface area (Å²) in [5, 5.41) is 17.6. The number of nitrogens with zero attached hydrogens (tertiary/aromatic N) is 4. The van der Waals surface area contributed by atoms with Crippen LogP contribution < -0.4 is 10.6 Å². The van der Waals surface area contributed by atoms with Crippen molar-refractivity contribution in [2.24, 2.45) is 0 Å². The smallest absolute Gasteiger partial charge is 0.407 e. The van der Waals surface area contributed by atoms with Crippen LogP contribution in [0, 0.1) is 0 Å². The van der Waals surface area contributed by atoms with Gasteiger partial charge in [0.2, 0.25) is 5.91 Å². The zero-order valence-corrected chi connectivity index (χ0v) is 34.1. The Morgan fingerprint density at radius 2 is 1.18 bits per heavy atom. The van der Waals surface area contributed by atoms with Gasteiger partial charge in [0.15, 0.2) is 0 Å². The molecule has 0 saturated carbocycles. The Labute approximate surface area is 352 Å². The molecule has 4 heterocycles. The lowest BCUT2D eigenvalue weighted by Crippen LogP contribution is -2.53. The van der Waals surface area contributed by atoms with Gasteiger partial charge in [-0.3, -0.25) is 9.59 Å². The van der Waals surface area contributed by atoms with E-state index in [0.717, 1.165) is 63.7 Å². The Morgan fingerprint density at radius 1 is 0.672 bits per heavy atom. The molecule has 2 aliphatic rings. The van der Waals surface area contributed by atoms with Crippen LogP contribution in [-0.2, 0) is 19.1 Å². The number of hydrogen-bond donors (Lipinski definition) is 5. The molecule has 2 aliphatic heterocycles. The van der Waals surface area contributed by atoms with Gasteiger partial charge in [-0.15, -0.1) is 0 Å². The number of nitrogens with one attached hydrogen (secondary N) is 4. The molecule has 0 radical (unpaired) electrons. The molecule has 61 heavy (non-hydrogen) atoms. The number of benzene rings is 4. The Morgan fingerprint density at radius 3 is 1.77 bits per heavy atom. The summed E-state index contributed by atoms with van der Waals surface area (Å²) in [6.45, 7) is 2.49. The second-order valence-electron chi connectivity index (χ2n) is 15.4. The van der Waals surface area contributed by atoms with Gasteiger partial charge in [0.1, 0.15) is 23.7 Å². The van der Waals surface area contributed by atoms with E-state index in [1.165, 1.54) is 21.1 Å². The Balaban J connectivity index is 0.942. The molecule has 4 amide bonds. The third-order valence-corrected chi connectivity index (χ3v) is 11.6. The standard InChI is InChI=1S/C46H48N8O7/c1-27(55)39(51-45(58)60-2)43(56)53-21-7-11-37(53)42-48-26-36(50-42)34-20-19-32-23-31(17-18-33(32)24-34)28-13-15-29(16-14-28)35-25-47-41(49-35)38-12-8-22-54(38)44(57)40(52-46(59)61-3)30-9-5-4-6-10-30/h4-6,9-10,13-20,23-27,37-40,55H,7-8,11-12,21-22H2,1-3H3,(H,47,49)(H,48,50)(H,51,58)(H,52,59)/t27-,37+,38+,39+,40-/m1/s1. The fourth-order valence-corrected chi connectivity index (χ4v) is 8.40. The van der Waals surface area contributed by atoms with Gasteiger partial charge >= 0.3 is 12.2 Å². The summed E-state index contributed by atoms with van der Waals surface area (Å²) in [6.07, 6.45) is 4.02. The van der Waals surface area contributed by atoms with Gasteiger partial charge in [0.05, 0.1) is 56.2 Å². The number of alkyl carbamates (subject to hydrolysis) is 2. The van der Waals surface area contributed by atoms with E-state index < -0.39 is 30.4 Å². The van der Waals surface area contributed by atoms with Crippen LogP contribution in [-0.4, -0.2) is 98.3 Å². The third-order valence-electron chi connectivity index (χ3n) is 11.6. The molecule has 0 unspecified atom stereocenters. The van der Waals surface area contributed by atoms with Crippen molar-refractivity contribution < 1.29 is 33.8 Å². The monoisotopic (exact) mass is 824 g/mol. The van der Waals surface area contributed by atoms with Crippen molar-refractivity contribution in [3.63, 3.8) is 0 Å². The van der Waals surface area contributed by atoms with Crippen LogP contribution in [0.3, 0.4) is 0 Å². The fourth-order valence-electron chi connectivity index (χ4n) is 8.40. The van der Waals surface area contributed by atoms with Gasteiger partial charge in [-0.25, -0.2) is 19.6 Å². The minimum atomic E-state index is -1.14. The maximum atomic E-state index is 13.9.